The Bertz CT molecular complexity index is 441. The van der Waals surface area contributed by atoms with E-state index < -0.39 is 0 Å². The molecule has 0 spiro atoms. The topological polar surface area (TPSA) is 69.8 Å². The summed E-state index contributed by atoms with van der Waals surface area (Å²) in [5, 5.41) is 13.3. The van der Waals surface area contributed by atoms with Crippen LogP contribution in [0.25, 0.3) is 0 Å². The summed E-state index contributed by atoms with van der Waals surface area (Å²) in [6, 6.07) is 1.93. The van der Waals surface area contributed by atoms with Crippen LogP contribution in [0, 0.1) is 11.3 Å². The number of carbonyl (C=O) groups is 1. The van der Waals surface area contributed by atoms with Crippen LogP contribution in [0.1, 0.15) is 45.7 Å². The van der Waals surface area contributed by atoms with Gasteiger partial charge in [0.1, 0.15) is 0 Å². The standard InChI is InChI=1S/C15H26N4O/c1-15(2,3)9-12-8-13(19-18-12)17-14(20)5-4-11-6-7-16-10-11/h8,11,16H,4-7,9-10H2,1-3H3,(H2,17,18,19,20). The van der Waals surface area contributed by atoms with Gasteiger partial charge in [-0.3, -0.25) is 9.89 Å². The second kappa shape index (κ2) is 6.39. The summed E-state index contributed by atoms with van der Waals surface area (Å²) in [5.41, 5.74) is 1.27. The summed E-state index contributed by atoms with van der Waals surface area (Å²) < 4.78 is 0. The fourth-order valence-corrected chi connectivity index (χ4v) is 2.59. The lowest BCUT2D eigenvalue weighted by molar-refractivity contribution is -0.116. The van der Waals surface area contributed by atoms with Gasteiger partial charge in [-0.1, -0.05) is 20.8 Å². The van der Waals surface area contributed by atoms with Crippen LogP contribution in [-0.4, -0.2) is 29.2 Å². The van der Waals surface area contributed by atoms with Crippen LogP contribution < -0.4 is 10.6 Å². The number of aromatic nitrogens is 2. The van der Waals surface area contributed by atoms with Gasteiger partial charge in [-0.15, -0.1) is 0 Å². The average Bonchev–Trinajstić information content (AvgIpc) is 2.96. The molecule has 1 aliphatic heterocycles. The van der Waals surface area contributed by atoms with E-state index >= 15 is 0 Å². The summed E-state index contributed by atoms with van der Waals surface area (Å²) in [5.74, 6) is 1.35. The van der Waals surface area contributed by atoms with Crippen molar-refractivity contribution in [3.05, 3.63) is 11.8 Å². The van der Waals surface area contributed by atoms with Crippen molar-refractivity contribution < 1.29 is 4.79 Å². The Morgan fingerprint density at radius 1 is 1.50 bits per heavy atom. The Kier molecular flexibility index (Phi) is 4.81. The minimum Gasteiger partial charge on any atom is -0.316 e. The second-order valence-electron chi connectivity index (χ2n) is 6.96. The normalized spacial score (nSPS) is 19.2. The molecule has 1 unspecified atom stereocenters. The smallest absolute Gasteiger partial charge is 0.225 e. The van der Waals surface area contributed by atoms with Crippen LogP contribution in [0.2, 0.25) is 0 Å². The minimum atomic E-state index is 0.0608. The van der Waals surface area contributed by atoms with Crippen molar-refractivity contribution in [3.63, 3.8) is 0 Å². The zero-order valence-corrected chi connectivity index (χ0v) is 12.8. The van der Waals surface area contributed by atoms with Crippen molar-refractivity contribution in [1.29, 1.82) is 0 Å². The third-order valence-corrected chi connectivity index (χ3v) is 3.56. The van der Waals surface area contributed by atoms with Crippen LogP contribution in [0.3, 0.4) is 0 Å². The van der Waals surface area contributed by atoms with E-state index in [-0.39, 0.29) is 11.3 Å². The average molecular weight is 278 g/mol. The lowest BCUT2D eigenvalue weighted by Crippen LogP contribution is -2.15. The molecule has 0 radical (unpaired) electrons. The lowest BCUT2D eigenvalue weighted by Gasteiger charge is -2.15. The highest BCUT2D eigenvalue weighted by Crippen LogP contribution is 2.21. The van der Waals surface area contributed by atoms with E-state index in [1.165, 1.54) is 6.42 Å². The Hall–Kier alpha value is -1.36. The maximum Gasteiger partial charge on any atom is 0.225 e. The van der Waals surface area contributed by atoms with Gasteiger partial charge in [0.25, 0.3) is 0 Å². The maximum atomic E-state index is 11.9. The van der Waals surface area contributed by atoms with Gasteiger partial charge in [-0.05, 0) is 43.7 Å². The Morgan fingerprint density at radius 2 is 2.30 bits per heavy atom. The minimum absolute atomic E-state index is 0.0608. The van der Waals surface area contributed by atoms with Gasteiger partial charge in [0, 0.05) is 18.2 Å². The predicted molar refractivity (Wildman–Crippen MR) is 80.6 cm³/mol. The Labute approximate surface area is 120 Å². The highest BCUT2D eigenvalue weighted by molar-refractivity contribution is 5.89. The van der Waals surface area contributed by atoms with Crippen molar-refractivity contribution in [3.8, 4) is 0 Å². The molecule has 1 amide bonds. The van der Waals surface area contributed by atoms with E-state index in [2.05, 4.69) is 41.6 Å². The van der Waals surface area contributed by atoms with Gasteiger partial charge in [0.15, 0.2) is 5.82 Å². The van der Waals surface area contributed by atoms with E-state index in [0.717, 1.165) is 31.6 Å². The molecule has 112 valence electrons. The highest BCUT2D eigenvalue weighted by atomic mass is 16.1. The van der Waals surface area contributed by atoms with Crippen molar-refractivity contribution in [2.45, 2.75) is 46.5 Å². The molecule has 5 heteroatoms. The van der Waals surface area contributed by atoms with Crippen molar-refractivity contribution >= 4 is 11.7 Å². The number of nitrogens with zero attached hydrogens (tertiary/aromatic N) is 1. The largest absolute Gasteiger partial charge is 0.316 e. The van der Waals surface area contributed by atoms with Crippen LogP contribution in [0.15, 0.2) is 6.07 Å². The summed E-state index contributed by atoms with van der Waals surface area (Å²) >= 11 is 0. The SMILES string of the molecule is CC(C)(C)Cc1cc(NC(=O)CCC2CCNC2)n[nH]1. The predicted octanol–water partition coefficient (Wildman–Crippen LogP) is 2.33. The van der Waals surface area contributed by atoms with Crippen LogP contribution >= 0.6 is 0 Å². The molecule has 1 aromatic rings. The number of H-pyrrole nitrogens is 1. The highest BCUT2D eigenvalue weighted by Gasteiger charge is 2.17. The molecule has 3 N–H and O–H groups in total. The summed E-state index contributed by atoms with van der Waals surface area (Å²) in [4.78, 5) is 11.9. The van der Waals surface area contributed by atoms with E-state index in [1.807, 2.05) is 6.07 Å². The molecule has 2 heterocycles. The first kappa shape index (κ1) is 15.0. The van der Waals surface area contributed by atoms with Gasteiger partial charge in [0.05, 0.1) is 0 Å². The quantitative estimate of drug-likeness (QED) is 0.774. The zero-order chi connectivity index (χ0) is 14.6. The number of carbonyl (C=O) groups excluding carboxylic acids is 1. The maximum absolute atomic E-state index is 11.9. The van der Waals surface area contributed by atoms with Gasteiger partial charge in [-0.2, -0.15) is 5.10 Å². The van der Waals surface area contributed by atoms with E-state index in [1.54, 1.807) is 0 Å². The molecule has 0 bridgehead atoms. The molecule has 0 saturated carbocycles. The van der Waals surface area contributed by atoms with E-state index in [9.17, 15) is 4.79 Å². The molecule has 0 aromatic carbocycles. The Balaban J connectivity index is 1.76. The molecule has 2 rings (SSSR count). The number of rotatable bonds is 5. The molecular formula is C15H26N4O. The van der Waals surface area contributed by atoms with Crippen LogP contribution in [0.4, 0.5) is 5.82 Å². The summed E-state index contributed by atoms with van der Waals surface area (Å²) in [7, 11) is 0. The Morgan fingerprint density at radius 3 is 2.95 bits per heavy atom. The number of hydrogen-bond donors (Lipinski definition) is 3. The third kappa shape index (κ3) is 4.96. The zero-order valence-electron chi connectivity index (χ0n) is 12.8. The molecule has 5 nitrogen and oxygen atoms in total. The molecule has 1 saturated heterocycles. The van der Waals surface area contributed by atoms with E-state index in [0.29, 0.717) is 18.2 Å². The molecule has 1 aliphatic rings. The second-order valence-corrected chi connectivity index (χ2v) is 6.96. The number of aromatic amines is 1. The molecule has 0 aliphatic carbocycles. The number of amides is 1. The number of hydrogen-bond acceptors (Lipinski definition) is 3. The molecule has 1 aromatic heterocycles. The fraction of sp³-hybridized carbons (Fsp3) is 0.733. The van der Waals surface area contributed by atoms with Crippen molar-refractivity contribution in [2.24, 2.45) is 11.3 Å². The van der Waals surface area contributed by atoms with E-state index in [4.69, 9.17) is 0 Å². The number of anilines is 1. The molecule has 1 fully saturated rings. The molecule has 20 heavy (non-hydrogen) atoms. The first-order chi connectivity index (χ1) is 9.42. The number of nitrogens with one attached hydrogen (secondary N) is 3. The monoisotopic (exact) mass is 278 g/mol. The fourth-order valence-electron chi connectivity index (χ4n) is 2.59. The summed E-state index contributed by atoms with van der Waals surface area (Å²) in [6.45, 7) is 8.68. The van der Waals surface area contributed by atoms with Crippen LogP contribution in [0.5, 0.6) is 0 Å². The van der Waals surface area contributed by atoms with Crippen LogP contribution in [-0.2, 0) is 11.2 Å². The van der Waals surface area contributed by atoms with Crippen molar-refractivity contribution in [1.82, 2.24) is 15.5 Å². The molecular weight excluding hydrogens is 252 g/mol. The first-order valence-corrected chi connectivity index (χ1v) is 7.47. The van der Waals surface area contributed by atoms with Gasteiger partial charge in [-0.25, -0.2) is 0 Å². The van der Waals surface area contributed by atoms with Crippen molar-refractivity contribution in [2.75, 3.05) is 18.4 Å². The van der Waals surface area contributed by atoms with Gasteiger partial charge in [0.2, 0.25) is 5.91 Å². The third-order valence-electron chi connectivity index (χ3n) is 3.56. The van der Waals surface area contributed by atoms with Gasteiger partial charge >= 0.3 is 0 Å². The van der Waals surface area contributed by atoms with Gasteiger partial charge < -0.3 is 10.6 Å². The lowest BCUT2D eigenvalue weighted by atomic mass is 9.91. The molecule has 1 atom stereocenters. The first-order valence-electron chi connectivity index (χ1n) is 7.47. The summed E-state index contributed by atoms with van der Waals surface area (Å²) in [6.07, 6.45) is 3.64.